The Kier molecular flexibility index (Phi) is 2.83. The molecule has 4 heteroatoms. The summed E-state index contributed by atoms with van der Waals surface area (Å²) < 4.78 is 0. The lowest BCUT2D eigenvalue weighted by Gasteiger charge is -2.33. The number of carbonyl (C=O) groups is 1. The van der Waals surface area contributed by atoms with Gasteiger partial charge in [0.05, 0.1) is 11.7 Å². The van der Waals surface area contributed by atoms with Crippen molar-refractivity contribution in [3.63, 3.8) is 0 Å². The van der Waals surface area contributed by atoms with Gasteiger partial charge in [0, 0.05) is 13.3 Å². The molecule has 1 heterocycles. The van der Waals surface area contributed by atoms with Crippen LogP contribution < -0.4 is 5.01 Å². The number of para-hydroxylation sites is 1. The van der Waals surface area contributed by atoms with E-state index in [-0.39, 0.29) is 11.9 Å². The van der Waals surface area contributed by atoms with E-state index in [1.165, 1.54) is 11.9 Å². The maximum atomic E-state index is 11.5. The summed E-state index contributed by atoms with van der Waals surface area (Å²) >= 11 is 0. The Balaban J connectivity index is 2.34. The third-order valence-corrected chi connectivity index (χ3v) is 2.83. The molecule has 0 aliphatic carbocycles. The van der Waals surface area contributed by atoms with Crippen LogP contribution in [-0.4, -0.2) is 28.3 Å². The van der Waals surface area contributed by atoms with E-state index in [4.69, 9.17) is 0 Å². The van der Waals surface area contributed by atoms with E-state index >= 15 is 0 Å². The van der Waals surface area contributed by atoms with Crippen LogP contribution in [0.25, 0.3) is 0 Å². The van der Waals surface area contributed by atoms with E-state index in [0.717, 1.165) is 5.69 Å². The topological polar surface area (TPSA) is 43.8 Å². The summed E-state index contributed by atoms with van der Waals surface area (Å²) in [5.74, 6) is -0.138. The molecule has 1 aliphatic rings. The van der Waals surface area contributed by atoms with Crippen LogP contribution in [0.15, 0.2) is 30.3 Å². The molecule has 0 saturated carbocycles. The SMILES string of the molecule is CC(=O)N1C(O)C[C@H](C)N1c1ccccc1. The van der Waals surface area contributed by atoms with Crippen molar-refractivity contribution in [1.29, 1.82) is 0 Å². The monoisotopic (exact) mass is 220 g/mol. The Morgan fingerprint density at radius 1 is 1.38 bits per heavy atom. The number of anilines is 1. The molecule has 0 radical (unpaired) electrons. The van der Waals surface area contributed by atoms with E-state index in [1.54, 1.807) is 0 Å². The quantitative estimate of drug-likeness (QED) is 0.777. The Morgan fingerprint density at radius 2 is 2.00 bits per heavy atom. The number of benzene rings is 1. The molecule has 86 valence electrons. The van der Waals surface area contributed by atoms with Crippen LogP contribution in [0.1, 0.15) is 20.3 Å². The molecule has 0 bridgehead atoms. The number of hydrogen-bond donors (Lipinski definition) is 1. The third kappa shape index (κ3) is 1.76. The molecule has 1 aromatic carbocycles. The number of carbonyl (C=O) groups excluding carboxylic acids is 1. The molecule has 1 amide bonds. The summed E-state index contributed by atoms with van der Waals surface area (Å²) in [5.41, 5.74) is 0.932. The minimum absolute atomic E-state index is 0.126. The Morgan fingerprint density at radius 3 is 2.56 bits per heavy atom. The van der Waals surface area contributed by atoms with Gasteiger partial charge in [0.2, 0.25) is 5.91 Å². The lowest BCUT2D eigenvalue weighted by molar-refractivity contribution is -0.136. The predicted octanol–water partition coefficient (Wildman–Crippen LogP) is 1.37. The number of aliphatic hydroxyl groups excluding tert-OH is 1. The maximum Gasteiger partial charge on any atom is 0.240 e. The van der Waals surface area contributed by atoms with Crippen molar-refractivity contribution < 1.29 is 9.90 Å². The molecule has 1 N–H and O–H groups in total. The first-order chi connectivity index (χ1) is 7.61. The molecule has 1 unspecified atom stereocenters. The van der Waals surface area contributed by atoms with Gasteiger partial charge in [0.1, 0.15) is 0 Å². The summed E-state index contributed by atoms with van der Waals surface area (Å²) in [6, 6.07) is 9.77. The van der Waals surface area contributed by atoms with Gasteiger partial charge in [-0.25, -0.2) is 5.01 Å². The fourth-order valence-electron chi connectivity index (χ4n) is 2.18. The third-order valence-electron chi connectivity index (χ3n) is 2.83. The summed E-state index contributed by atoms with van der Waals surface area (Å²) in [6.07, 6.45) is -0.137. The standard InChI is InChI=1S/C12H16N2O2/c1-9-8-12(16)14(10(2)15)13(9)11-6-4-3-5-7-11/h3-7,9,12,16H,8H2,1-2H3/t9-,12?/m0/s1. The lowest BCUT2D eigenvalue weighted by Crippen LogP contribution is -2.46. The van der Waals surface area contributed by atoms with Crippen LogP contribution >= 0.6 is 0 Å². The van der Waals surface area contributed by atoms with Gasteiger partial charge < -0.3 is 5.11 Å². The molecule has 1 fully saturated rings. The van der Waals surface area contributed by atoms with Crippen molar-refractivity contribution >= 4 is 11.6 Å². The largest absolute Gasteiger partial charge is 0.372 e. The molecule has 1 saturated heterocycles. The van der Waals surface area contributed by atoms with Crippen molar-refractivity contribution in [3.05, 3.63) is 30.3 Å². The zero-order valence-corrected chi connectivity index (χ0v) is 9.50. The predicted molar refractivity (Wildman–Crippen MR) is 61.5 cm³/mol. The first kappa shape index (κ1) is 11.0. The maximum absolute atomic E-state index is 11.5. The van der Waals surface area contributed by atoms with Gasteiger partial charge >= 0.3 is 0 Å². The van der Waals surface area contributed by atoms with Crippen LogP contribution in [0.4, 0.5) is 5.69 Å². The summed E-state index contributed by atoms with van der Waals surface area (Å²) in [6.45, 7) is 3.47. The first-order valence-corrected chi connectivity index (χ1v) is 5.43. The molecule has 0 spiro atoms. The minimum Gasteiger partial charge on any atom is -0.372 e. The molecular weight excluding hydrogens is 204 g/mol. The number of amides is 1. The van der Waals surface area contributed by atoms with Crippen molar-refractivity contribution in [3.8, 4) is 0 Å². The first-order valence-electron chi connectivity index (χ1n) is 5.43. The van der Waals surface area contributed by atoms with Crippen LogP contribution in [0.2, 0.25) is 0 Å². The smallest absolute Gasteiger partial charge is 0.240 e. The molecule has 1 aliphatic heterocycles. The van der Waals surface area contributed by atoms with Gasteiger partial charge in [0.25, 0.3) is 0 Å². The van der Waals surface area contributed by atoms with Crippen LogP contribution in [0.3, 0.4) is 0 Å². The molecule has 2 rings (SSSR count). The zero-order chi connectivity index (χ0) is 11.7. The van der Waals surface area contributed by atoms with Gasteiger partial charge in [-0.3, -0.25) is 9.80 Å². The fourth-order valence-corrected chi connectivity index (χ4v) is 2.18. The van der Waals surface area contributed by atoms with Gasteiger partial charge in [0.15, 0.2) is 6.23 Å². The molecule has 4 nitrogen and oxygen atoms in total. The summed E-state index contributed by atoms with van der Waals surface area (Å²) in [5, 5.41) is 13.1. The molecule has 1 aromatic rings. The fraction of sp³-hybridized carbons (Fsp3) is 0.417. The Hall–Kier alpha value is -1.55. The second kappa shape index (κ2) is 4.14. The molecule has 0 aromatic heterocycles. The number of hydrogen-bond acceptors (Lipinski definition) is 3. The summed E-state index contributed by atoms with van der Waals surface area (Å²) in [4.78, 5) is 11.5. The number of aliphatic hydroxyl groups is 1. The Labute approximate surface area is 95.1 Å². The van der Waals surface area contributed by atoms with Gasteiger partial charge in [-0.15, -0.1) is 0 Å². The second-order valence-corrected chi connectivity index (χ2v) is 4.11. The van der Waals surface area contributed by atoms with Crippen molar-refractivity contribution in [1.82, 2.24) is 5.01 Å². The normalized spacial score (nSPS) is 24.9. The van der Waals surface area contributed by atoms with Crippen molar-refractivity contribution in [2.24, 2.45) is 0 Å². The number of rotatable bonds is 1. The summed E-state index contributed by atoms with van der Waals surface area (Å²) in [7, 11) is 0. The van der Waals surface area contributed by atoms with Gasteiger partial charge in [-0.1, -0.05) is 18.2 Å². The van der Waals surface area contributed by atoms with Gasteiger partial charge in [-0.2, -0.15) is 0 Å². The van der Waals surface area contributed by atoms with E-state index in [9.17, 15) is 9.90 Å². The highest BCUT2D eigenvalue weighted by Crippen LogP contribution is 2.29. The van der Waals surface area contributed by atoms with E-state index in [0.29, 0.717) is 6.42 Å². The molecule has 2 atom stereocenters. The Bertz CT molecular complexity index is 380. The number of hydrazine groups is 1. The van der Waals surface area contributed by atoms with Crippen molar-refractivity contribution in [2.45, 2.75) is 32.5 Å². The van der Waals surface area contributed by atoms with Crippen LogP contribution in [0.5, 0.6) is 0 Å². The minimum atomic E-state index is -0.715. The average Bonchev–Trinajstić information content (AvgIpc) is 2.55. The van der Waals surface area contributed by atoms with Crippen LogP contribution in [-0.2, 0) is 4.79 Å². The van der Waals surface area contributed by atoms with Crippen LogP contribution in [0, 0.1) is 0 Å². The lowest BCUT2D eigenvalue weighted by atomic mass is 10.2. The van der Waals surface area contributed by atoms with Gasteiger partial charge in [-0.05, 0) is 19.1 Å². The highest BCUT2D eigenvalue weighted by molar-refractivity contribution is 5.76. The van der Waals surface area contributed by atoms with E-state index in [1.807, 2.05) is 42.3 Å². The zero-order valence-electron chi connectivity index (χ0n) is 9.50. The highest BCUT2D eigenvalue weighted by Gasteiger charge is 2.37. The molecule has 16 heavy (non-hydrogen) atoms. The average molecular weight is 220 g/mol. The van der Waals surface area contributed by atoms with E-state index < -0.39 is 6.23 Å². The second-order valence-electron chi connectivity index (χ2n) is 4.11. The van der Waals surface area contributed by atoms with Crippen molar-refractivity contribution in [2.75, 3.05) is 5.01 Å². The highest BCUT2D eigenvalue weighted by atomic mass is 16.3. The van der Waals surface area contributed by atoms with E-state index in [2.05, 4.69) is 0 Å². The molecular formula is C12H16N2O2. The number of nitrogens with zero attached hydrogens (tertiary/aromatic N) is 2.